The average Bonchev–Trinajstić information content (AvgIpc) is 2.53. The molecule has 1 aliphatic heterocycles. The van der Waals surface area contributed by atoms with E-state index in [4.69, 9.17) is 4.74 Å². The summed E-state index contributed by atoms with van der Waals surface area (Å²) in [6.45, 7) is 1.69. The van der Waals surface area contributed by atoms with Crippen molar-refractivity contribution in [2.24, 2.45) is 0 Å². The van der Waals surface area contributed by atoms with E-state index in [9.17, 15) is 9.59 Å². The summed E-state index contributed by atoms with van der Waals surface area (Å²) in [6.07, 6.45) is 0. The van der Waals surface area contributed by atoms with E-state index < -0.39 is 12.0 Å². The summed E-state index contributed by atoms with van der Waals surface area (Å²) in [7, 11) is 1.33. The van der Waals surface area contributed by atoms with Crippen molar-refractivity contribution in [2.75, 3.05) is 7.11 Å². The maximum Gasteiger partial charge on any atom is 0.337 e. The molecule has 0 spiro atoms. The minimum Gasteiger partial charge on any atom is -0.466 e. The van der Waals surface area contributed by atoms with E-state index in [1.165, 1.54) is 7.11 Å². The number of esters is 1. The van der Waals surface area contributed by atoms with Crippen LogP contribution >= 0.6 is 0 Å². The van der Waals surface area contributed by atoms with Gasteiger partial charge < -0.3 is 15.4 Å². The number of ether oxygens (including phenoxy) is 1. The van der Waals surface area contributed by atoms with Gasteiger partial charge >= 0.3 is 12.0 Å². The smallest absolute Gasteiger partial charge is 0.337 e. The van der Waals surface area contributed by atoms with Crippen molar-refractivity contribution in [3.8, 4) is 0 Å². The van der Waals surface area contributed by atoms with Crippen LogP contribution in [0.15, 0.2) is 53.7 Å². The third kappa shape index (κ3) is 2.41. The second kappa shape index (κ2) is 5.52. The van der Waals surface area contributed by atoms with Crippen molar-refractivity contribution in [1.82, 2.24) is 10.6 Å². The van der Waals surface area contributed by atoms with Gasteiger partial charge in [-0.2, -0.15) is 0 Å². The molecule has 0 aliphatic carbocycles. The van der Waals surface area contributed by atoms with E-state index in [1.807, 2.05) is 42.5 Å². The molecular formula is C17H16N2O3. The summed E-state index contributed by atoms with van der Waals surface area (Å²) in [6, 6.07) is 12.9. The van der Waals surface area contributed by atoms with E-state index >= 15 is 0 Å². The molecule has 0 saturated heterocycles. The van der Waals surface area contributed by atoms with Crippen LogP contribution in [0.5, 0.6) is 0 Å². The van der Waals surface area contributed by atoms with Gasteiger partial charge in [-0.15, -0.1) is 0 Å². The van der Waals surface area contributed by atoms with Crippen LogP contribution in [0.4, 0.5) is 4.79 Å². The van der Waals surface area contributed by atoms with E-state index in [-0.39, 0.29) is 6.03 Å². The number of carbonyl (C=O) groups is 2. The molecule has 1 heterocycles. The molecule has 2 aromatic carbocycles. The Hall–Kier alpha value is -2.82. The maximum atomic E-state index is 12.1. The zero-order valence-corrected chi connectivity index (χ0v) is 12.3. The third-order valence-electron chi connectivity index (χ3n) is 3.78. The van der Waals surface area contributed by atoms with Crippen LogP contribution in [-0.4, -0.2) is 19.1 Å². The zero-order valence-electron chi connectivity index (χ0n) is 12.3. The Labute approximate surface area is 128 Å². The van der Waals surface area contributed by atoms with Crippen LogP contribution in [0.1, 0.15) is 18.5 Å². The van der Waals surface area contributed by atoms with Crippen LogP contribution in [0.2, 0.25) is 0 Å². The molecule has 0 unspecified atom stereocenters. The first-order valence-corrected chi connectivity index (χ1v) is 6.95. The summed E-state index contributed by atoms with van der Waals surface area (Å²) in [4.78, 5) is 23.8. The minimum absolute atomic E-state index is 0.330. The molecule has 2 N–H and O–H groups in total. The molecule has 5 nitrogen and oxygen atoms in total. The van der Waals surface area contributed by atoms with Gasteiger partial charge in [-0.25, -0.2) is 9.59 Å². The van der Waals surface area contributed by atoms with Gasteiger partial charge in [0.2, 0.25) is 0 Å². The highest BCUT2D eigenvalue weighted by Gasteiger charge is 2.31. The number of benzene rings is 2. The second-order valence-electron chi connectivity index (χ2n) is 5.17. The van der Waals surface area contributed by atoms with Crippen LogP contribution in [0.25, 0.3) is 10.8 Å². The number of rotatable bonds is 2. The summed E-state index contributed by atoms with van der Waals surface area (Å²) in [5, 5.41) is 7.55. The number of nitrogens with one attached hydrogen (secondary N) is 2. The molecule has 0 fully saturated rings. The van der Waals surface area contributed by atoms with E-state index in [1.54, 1.807) is 6.92 Å². The first kappa shape index (κ1) is 14.1. The monoisotopic (exact) mass is 296 g/mol. The molecule has 0 bridgehead atoms. The normalized spacial score (nSPS) is 17.9. The van der Waals surface area contributed by atoms with Crippen molar-refractivity contribution in [3.63, 3.8) is 0 Å². The number of fused-ring (bicyclic) bond motifs is 1. The van der Waals surface area contributed by atoms with Crippen molar-refractivity contribution in [2.45, 2.75) is 13.0 Å². The first-order chi connectivity index (χ1) is 10.6. The maximum absolute atomic E-state index is 12.1. The number of urea groups is 1. The van der Waals surface area contributed by atoms with Gasteiger partial charge in [-0.05, 0) is 29.3 Å². The van der Waals surface area contributed by atoms with Crippen molar-refractivity contribution in [1.29, 1.82) is 0 Å². The summed E-state index contributed by atoms with van der Waals surface area (Å²) < 4.78 is 4.85. The molecule has 0 radical (unpaired) electrons. The molecule has 0 saturated carbocycles. The summed E-state index contributed by atoms with van der Waals surface area (Å²) in [5.74, 6) is -0.455. The van der Waals surface area contributed by atoms with Crippen LogP contribution in [-0.2, 0) is 9.53 Å². The molecule has 3 rings (SSSR count). The molecule has 112 valence electrons. The Morgan fingerprint density at radius 3 is 2.59 bits per heavy atom. The lowest BCUT2D eigenvalue weighted by Gasteiger charge is -2.28. The summed E-state index contributed by atoms with van der Waals surface area (Å²) >= 11 is 0. The standard InChI is InChI=1S/C17H16N2O3/c1-10-14(16(20)22-2)15(19-17(21)18-10)13-8-7-11-5-3-4-6-12(11)9-13/h3-9,15H,1-2H3,(H2,18,19,21)/t15-/m1/s1. The van der Waals surface area contributed by atoms with Crippen LogP contribution in [0, 0.1) is 0 Å². The molecule has 2 amide bonds. The highest BCUT2D eigenvalue weighted by atomic mass is 16.5. The quantitative estimate of drug-likeness (QED) is 0.837. The zero-order chi connectivity index (χ0) is 15.7. The second-order valence-corrected chi connectivity index (χ2v) is 5.17. The van der Waals surface area contributed by atoms with Gasteiger partial charge in [-0.1, -0.05) is 36.4 Å². The van der Waals surface area contributed by atoms with E-state index in [0.29, 0.717) is 11.3 Å². The Morgan fingerprint density at radius 2 is 1.86 bits per heavy atom. The van der Waals surface area contributed by atoms with Crippen molar-refractivity contribution < 1.29 is 14.3 Å². The number of carbonyl (C=O) groups excluding carboxylic acids is 2. The predicted octanol–water partition coefficient (Wildman–Crippen LogP) is 2.64. The Morgan fingerprint density at radius 1 is 1.14 bits per heavy atom. The van der Waals surface area contributed by atoms with Gasteiger partial charge in [-0.3, -0.25) is 0 Å². The van der Waals surface area contributed by atoms with Gasteiger partial charge in [0, 0.05) is 5.70 Å². The number of amides is 2. The lowest BCUT2D eigenvalue weighted by Crippen LogP contribution is -2.45. The molecule has 1 atom stereocenters. The lowest BCUT2D eigenvalue weighted by molar-refractivity contribution is -0.136. The predicted molar refractivity (Wildman–Crippen MR) is 83.1 cm³/mol. The van der Waals surface area contributed by atoms with Crippen molar-refractivity contribution >= 4 is 22.8 Å². The number of hydrogen-bond acceptors (Lipinski definition) is 3. The third-order valence-corrected chi connectivity index (χ3v) is 3.78. The molecule has 1 aliphatic rings. The fourth-order valence-corrected chi connectivity index (χ4v) is 2.71. The molecule has 2 aromatic rings. The summed E-state index contributed by atoms with van der Waals surface area (Å²) in [5.41, 5.74) is 1.76. The highest BCUT2D eigenvalue weighted by molar-refractivity contribution is 5.95. The first-order valence-electron chi connectivity index (χ1n) is 6.95. The Bertz CT molecular complexity index is 795. The Balaban J connectivity index is 2.11. The number of hydrogen-bond donors (Lipinski definition) is 2. The largest absolute Gasteiger partial charge is 0.466 e. The Kier molecular flexibility index (Phi) is 3.55. The fraction of sp³-hybridized carbons (Fsp3) is 0.176. The fourth-order valence-electron chi connectivity index (χ4n) is 2.71. The van der Waals surface area contributed by atoms with Crippen LogP contribution in [0.3, 0.4) is 0 Å². The lowest BCUT2D eigenvalue weighted by atomic mass is 9.94. The molecule has 5 heteroatoms. The molecule has 22 heavy (non-hydrogen) atoms. The topological polar surface area (TPSA) is 67.4 Å². The minimum atomic E-state index is -0.522. The SMILES string of the molecule is COC(=O)C1=C(C)NC(=O)N[C@@H]1c1ccc2ccccc2c1. The average molecular weight is 296 g/mol. The number of allylic oxidation sites excluding steroid dienone is 1. The van der Waals surface area contributed by atoms with Crippen LogP contribution < -0.4 is 10.6 Å². The molecular weight excluding hydrogens is 280 g/mol. The van der Waals surface area contributed by atoms with Gasteiger partial charge in [0.1, 0.15) is 0 Å². The highest BCUT2D eigenvalue weighted by Crippen LogP contribution is 2.29. The van der Waals surface area contributed by atoms with Gasteiger partial charge in [0.15, 0.2) is 0 Å². The van der Waals surface area contributed by atoms with E-state index in [0.717, 1.165) is 16.3 Å². The van der Waals surface area contributed by atoms with Gasteiger partial charge in [0.25, 0.3) is 0 Å². The van der Waals surface area contributed by atoms with E-state index in [2.05, 4.69) is 10.6 Å². The molecule has 0 aromatic heterocycles. The van der Waals surface area contributed by atoms with Gasteiger partial charge in [0.05, 0.1) is 18.7 Å². The number of methoxy groups -OCH3 is 1. The van der Waals surface area contributed by atoms with Crippen molar-refractivity contribution in [3.05, 3.63) is 59.3 Å².